The molecule has 2 amide bonds. The van der Waals surface area contributed by atoms with Crippen molar-refractivity contribution in [1.29, 1.82) is 0 Å². The summed E-state index contributed by atoms with van der Waals surface area (Å²) in [5, 5.41) is 2.87. The Balaban J connectivity index is 2.09. The third-order valence-electron chi connectivity index (χ3n) is 3.69. The Hall–Kier alpha value is -1.88. The molecule has 5 heteroatoms. The lowest BCUT2D eigenvalue weighted by atomic mass is 10.1. The third kappa shape index (κ3) is 3.61. The van der Waals surface area contributed by atoms with E-state index >= 15 is 0 Å². The van der Waals surface area contributed by atoms with E-state index < -0.39 is 12.1 Å². The van der Waals surface area contributed by atoms with Gasteiger partial charge < -0.3 is 16.0 Å². The van der Waals surface area contributed by atoms with Gasteiger partial charge in [-0.25, -0.2) is 0 Å². The molecule has 21 heavy (non-hydrogen) atoms. The number of nitrogens with two attached hydrogens (primary N) is 1. The number of nitrogens with one attached hydrogen (secondary N) is 1. The van der Waals surface area contributed by atoms with E-state index in [0.717, 1.165) is 12.0 Å². The van der Waals surface area contributed by atoms with Gasteiger partial charge in [0, 0.05) is 12.6 Å². The normalized spacial score (nSPS) is 19.6. The van der Waals surface area contributed by atoms with Gasteiger partial charge >= 0.3 is 0 Å². The molecule has 5 nitrogen and oxygen atoms in total. The van der Waals surface area contributed by atoms with Crippen LogP contribution < -0.4 is 11.1 Å². The molecule has 1 aromatic rings. The number of carbonyl (C=O) groups excluding carboxylic acids is 2. The van der Waals surface area contributed by atoms with Crippen LogP contribution in [0.25, 0.3) is 0 Å². The first-order chi connectivity index (χ1) is 10.0. The Morgan fingerprint density at radius 2 is 1.95 bits per heavy atom. The van der Waals surface area contributed by atoms with Crippen LogP contribution >= 0.6 is 0 Å². The topological polar surface area (TPSA) is 75.4 Å². The number of hydrogen-bond donors (Lipinski definition) is 2. The summed E-state index contributed by atoms with van der Waals surface area (Å²) in [5.41, 5.74) is 6.83. The predicted molar refractivity (Wildman–Crippen MR) is 81.4 cm³/mol. The molecule has 0 radical (unpaired) electrons. The lowest BCUT2D eigenvalue weighted by molar-refractivity contribution is -0.139. The minimum Gasteiger partial charge on any atom is -0.352 e. The Bertz CT molecular complexity index is 502. The van der Waals surface area contributed by atoms with E-state index in [2.05, 4.69) is 5.32 Å². The molecule has 0 spiro atoms. The zero-order valence-electron chi connectivity index (χ0n) is 12.6. The molecular formula is C16H23N3O2. The standard InChI is InChI=1S/C16H23N3O2/c1-11(2)18-15(20)13-9-6-10-19(13)16(21)14(17)12-7-4-3-5-8-12/h3-5,7-8,11,13-14H,6,9-10,17H2,1-2H3,(H,18,20). The number of benzene rings is 1. The van der Waals surface area contributed by atoms with Gasteiger partial charge in [-0.05, 0) is 32.3 Å². The van der Waals surface area contributed by atoms with Crippen molar-refractivity contribution < 1.29 is 9.59 Å². The molecule has 114 valence electrons. The minimum atomic E-state index is -0.710. The van der Waals surface area contributed by atoms with Crippen molar-refractivity contribution in [1.82, 2.24) is 10.2 Å². The second-order valence-electron chi connectivity index (χ2n) is 5.74. The zero-order chi connectivity index (χ0) is 15.4. The van der Waals surface area contributed by atoms with E-state index in [4.69, 9.17) is 5.73 Å². The van der Waals surface area contributed by atoms with E-state index in [1.807, 2.05) is 44.2 Å². The van der Waals surface area contributed by atoms with Crippen LogP contribution in [0.5, 0.6) is 0 Å². The molecule has 0 aliphatic carbocycles. The highest BCUT2D eigenvalue weighted by Crippen LogP contribution is 2.22. The van der Waals surface area contributed by atoms with Gasteiger partial charge in [-0.1, -0.05) is 30.3 Å². The highest BCUT2D eigenvalue weighted by molar-refractivity contribution is 5.90. The molecule has 1 aromatic carbocycles. The van der Waals surface area contributed by atoms with Gasteiger partial charge in [0.1, 0.15) is 12.1 Å². The SMILES string of the molecule is CC(C)NC(=O)C1CCCN1C(=O)C(N)c1ccccc1. The van der Waals surface area contributed by atoms with Crippen LogP contribution in [-0.2, 0) is 9.59 Å². The average Bonchev–Trinajstić information content (AvgIpc) is 2.95. The van der Waals surface area contributed by atoms with Crippen molar-refractivity contribution in [2.45, 2.75) is 44.8 Å². The average molecular weight is 289 g/mol. The number of amides is 2. The van der Waals surface area contributed by atoms with Gasteiger partial charge in [0.25, 0.3) is 0 Å². The molecule has 3 N–H and O–H groups in total. The smallest absolute Gasteiger partial charge is 0.244 e. The van der Waals surface area contributed by atoms with Crippen molar-refractivity contribution >= 4 is 11.8 Å². The van der Waals surface area contributed by atoms with Crippen LogP contribution in [0.3, 0.4) is 0 Å². The molecule has 0 aromatic heterocycles. The number of carbonyl (C=O) groups is 2. The first-order valence-electron chi connectivity index (χ1n) is 7.42. The highest BCUT2D eigenvalue weighted by Gasteiger charge is 2.36. The van der Waals surface area contributed by atoms with Crippen molar-refractivity contribution in [3.8, 4) is 0 Å². The number of likely N-dealkylation sites (tertiary alicyclic amines) is 1. The first kappa shape index (κ1) is 15.5. The van der Waals surface area contributed by atoms with Crippen LogP contribution in [0.15, 0.2) is 30.3 Å². The van der Waals surface area contributed by atoms with Crippen LogP contribution in [0.2, 0.25) is 0 Å². The third-order valence-corrected chi connectivity index (χ3v) is 3.69. The number of hydrogen-bond acceptors (Lipinski definition) is 3. The Labute approximate surface area is 125 Å². The molecule has 1 fully saturated rings. The fourth-order valence-electron chi connectivity index (χ4n) is 2.67. The molecule has 0 bridgehead atoms. The van der Waals surface area contributed by atoms with Gasteiger partial charge in [-0.15, -0.1) is 0 Å². The molecule has 2 unspecified atom stereocenters. The van der Waals surface area contributed by atoms with Crippen molar-refractivity contribution in [2.75, 3.05) is 6.54 Å². The van der Waals surface area contributed by atoms with Crippen LogP contribution in [0, 0.1) is 0 Å². The second-order valence-corrected chi connectivity index (χ2v) is 5.74. The van der Waals surface area contributed by atoms with Crippen LogP contribution in [0.1, 0.15) is 38.3 Å². The summed E-state index contributed by atoms with van der Waals surface area (Å²) in [7, 11) is 0. The van der Waals surface area contributed by atoms with Gasteiger partial charge in [-0.2, -0.15) is 0 Å². The first-order valence-corrected chi connectivity index (χ1v) is 7.42. The van der Waals surface area contributed by atoms with Crippen molar-refractivity contribution in [3.63, 3.8) is 0 Å². The molecular weight excluding hydrogens is 266 g/mol. The Kier molecular flexibility index (Phi) is 4.96. The molecule has 1 heterocycles. The van der Waals surface area contributed by atoms with E-state index in [-0.39, 0.29) is 17.9 Å². The lowest BCUT2D eigenvalue weighted by Gasteiger charge is -2.27. The fraction of sp³-hybridized carbons (Fsp3) is 0.500. The maximum absolute atomic E-state index is 12.6. The van der Waals surface area contributed by atoms with E-state index in [0.29, 0.717) is 13.0 Å². The van der Waals surface area contributed by atoms with Crippen LogP contribution in [-0.4, -0.2) is 35.3 Å². The van der Waals surface area contributed by atoms with Gasteiger partial charge in [0.05, 0.1) is 0 Å². The zero-order valence-corrected chi connectivity index (χ0v) is 12.6. The summed E-state index contributed by atoms with van der Waals surface area (Å²) < 4.78 is 0. The molecule has 1 saturated heterocycles. The van der Waals surface area contributed by atoms with E-state index in [1.54, 1.807) is 4.90 Å². The summed E-state index contributed by atoms with van der Waals surface area (Å²) in [4.78, 5) is 26.4. The summed E-state index contributed by atoms with van der Waals surface area (Å²) in [6.07, 6.45) is 1.54. The van der Waals surface area contributed by atoms with Gasteiger partial charge in [-0.3, -0.25) is 9.59 Å². The lowest BCUT2D eigenvalue weighted by Crippen LogP contribution is -2.49. The molecule has 1 aliphatic heterocycles. The van der Waals surface area contributed by atoms with Gasteiger partial charge in [0.15, 0.2) is 0 Å². The fourth-order valence-corrected chi connectivity index (χ4v) is 2.67. The van der Waals surface area contributed by atoms with E-state index in [1.165, 1.54) is 0 Å². The van der Waals surface area contributed by atoms with Gasteiger partial charge in [0.2, 0.25) is 11.8 Å². The molecule has 0 saturated carbocycles. The molecule has 2 rings (SSSR count). The Morgan fingerprint density at radius 3 is 2.57 bits per heavy atom. The monoisotopic (exact) mass is 289 g/mol. The Morgan fingerprint density at radius 1 is 1.29 bits per heavy atom. The predicted octanol–water partition coefficient (Wildman–Crippen LogP) is 1.20. The highest BCUT2D eigenvalue weighted by atomic mass is 16.2. The second kappa shape index (κ2) is 6.72. The van der Waals surface area contributed by atoms with Crippen molar-refractivity contribution in [2.24, 2.45) is 5.73 Å². The summed E-state index contributed by atoms with van der Waals surface area (Å²) in [6, 6.07) is 8.23. The minimum absolute atomic E-state index is 0.0675. The maximum atomic E-state index is 12.6. The van der Waals surface area contributed by atoms with Crippen molar-refractivity contribution in [3.05, 3.63) is 35.9 Å². The number of nitrogens with zero attached hydrogens (tertiary/aromatic N) is 1. The largest absolute Gasteiger partial charge is 0.352 e. The number of rotatable bonds is 4. The maximum Gasteiger partial charge on any atom is 0.244 e. The molecule has 2 atom stereocenters. The quantitative estimate of drug-likeness (QED) is 0.874. The van der Waals surface area contributed by atoms with E-state index in [9.17, 15) is 9.59 Å². The summed E-state index contributed by atoms with van der Waals surface area (Å²) in [6.45, 7) is 4.42. The summed E-state index contributed by atoms with van der Waals surface area (Å²) >= 11 is 0. The summed E-state index contributed by atoms with van der Waals surface area (Å²) in [5.74, 6) is -0.265. The molecule has 1 aliphatic rings. The van der Waals surface area contributed by atoms with Crippen LogP contribution in [0.4, 0.5) is 0 Å².